The third-order valence-electron chi connectivity index (χ3n) is 5.46. The van der Waals surface area contributed by atoms with Gasteiger partial charge >= 0.3 is 0 Å². The highest BCUT2D eigenvalue weighted by Gasteiger charge is 2.47. The Balaban J connectivity index is 1.50. The summed E-state index contributed by atoms with van der Waals surface area (Å²) in [5, 5.41) is 0.444. The Morgan fingerprint density at radius 2 is 1.57 bits per heavy atom. The van der Waals surface area contributed by atoms with Crippen LogP contribution in [0.2, 0.25) is 5.02 Å². The number of thioether (sulfide) groups is 1. The second-order valence-electron chi connectivity index (χ2n) is 7.00. The topological polar surface area (TPSA) is 40.6 Å². The lowest BCUT2D eigenvalue weighted by atomic mass is 10.00. The summed E-state index contributed by atoms with van der Waals surface area (Å²) in [6.07, 6.45) is 1.32. The maximum Gasteiger partial charge on any atom is 0.257 e. The van der Waals surface area contributed by atoms with E-state index in [1.54, 1.807) is 58.0 Å². The van der Waals surface area contributed by atoms with Gasteiger partial charge in [0.05, 0.1) is 21.0 Å². The van der Waals surface area contributed by atoms with Crippen molar-refractivity contribution in [1.82, 2.24) is 9.80 Å². The Bertz CT molecular complexity index is 915. The minimum atomic E-state index is -0.495. The van der Waals surface area contributed by atoms with Gasteiger partial charge < -0.3 is 9.80 Å². The first kappa shape index (κ1) is 19.3. The van der Waals surface area contributed by atoms with E-state index in [-0.39, 0.29) is 22.2 Å². The average Bonchev–Trinajstić information content (AvgIpc) is 3.11. The SMILES string of the molecule is O=C(c1ccccc1Cl)N1CCC2(CC1)SCCN2C(=O)c1ccccc1F. The zero-order chi connectivity index (χ0) is 19.7. The van der Waals surface area contributed by atoms with Crippen molar-refractivity contribution < 1.29 is 14.0 Å². The molecule has 7 heteroatoms. The predicted octanol–water partition coefficient (Wildman–Crippen LogP) is 4.30. The number of halogens is 2. The van der Waals surface area contributed by atoms with Gasteiger partial charge in [-0.3, -0.25) is 9.59 Å². The molecule has 2 heterocycles. The quantitative estimate of drug-likeness (QED) is 0.730. The summed E-state index contributed by atoms with van der Waals surface area (Å²) in [5.41, 5.74) is 0.609. The largest absolute Gasteiger partial charge is 0.338 e. The van der Waals surface area contributed by atoms with Gasteiger partial charge in [-0.25, -0.2) is 4.39 Å². The fourth-order valence-corrected chi connectivity index (χ4v) is 5.63. The molecule has 2 aliphatic heterocycles. The molecule has 0 unspecified atom stereocenters. The molecular weight excluding hydrogens is 399 g/mol. The maximum absolute atomic E-state index is 14.1. The number of likely N-dealkylation sites (tertiary alicyclic amines) is 1. The molecule has 2 aliphatic rings. The summed E-state index contributed by atoms with van der Waals surface area (Å²) in [6.45, 7) is 1.67. The van der Waals surface area contributed by atoms with E-state index in [9.17, 15) is 14.0 Å². The van der Waals surface area contributed by atoms with E-state index in [4.69, 9.17) is 11.6 Å². The fourth-order valence-electron chi connectivity index (χ4n) is 3.95. The number of nitrogens with zero attached hydrogens (tertiary/aromatic N) is 2. The monoisotopic (exact) mass is 418 g/mol. The van der Waals surface area contributed by atoms with Crippen molar-refractivity contribution in [2.45, 2.75) is 17.7 Å². The summed E-state index contributed by atoms with van der Waals surface area (Å²) >= 11 is 7.90. The smallest absolute Gasteiger partial charge is 0.257 e. The third-order valence-corrected chi connectivity index (χ3v) is 7.35. The van der Waals surface area contributed by atoms with Crippen molar-refractivity contribution in [3.8, 4) is 0 Å². The molecule has 0 radical (unpaired) electrons. The van der Waals surface area contributed by atoms with Crippen LogP contribution in [0.25, 0.3) is 0 Å². The van der Waals surface area contributed by atoms with Crippen LogP contribution >= 0.6 is 23.4 Å². The molecule has 0 bridgehead atoms. The number of benzene rings is 2. The van der Waals surface area contributed by atoms with Crippen LogP contribution in [0.3, 0.4) is 0 Å². The van der Waals surface area contributed by atoms with E-state index in [0.29, 0.717) is 43.1 Å². The van der Waals surface area contributed by atoms with Crippen molar-refractivity contribution in [3.05, 3.63) is 70.5 Å². The zero-order valence-corrected chi connectivity index (χ0v) is 16.8. The molecule has 1 spiro atoms. The van der Waals surface area contributed by atoms with Gasteiger partial charge in [-0.1, -0.05) is 35.9 Å². The van der Waals surface area contributed by atoms with Crippen molar-refractivity contribution in [1.29, 1.82) is 0 Å². The normalized spacial score (nSPS) is 18.5. The Morgan fingerprint density at radius 3 is 2.25 bits per heavy atom. The molecule has 2 fully saturated rings. The van der Waals surface area contributed by atoms with Gasteiger partial charge in [-0.05, 0) is 37.1 Å². The van der Waals surface area contributed by atoms with Crippen LogP contribution in [-0.4, -0.2) is 51.9 Å². The van der Waals surface area contributed by atoms with Gasteiger partial charge in [-0.15, -0.1) is 11.8 Å². The Kier molecular flexibility index (Phi) is 5.34. The minimum absolute atomic E-state index is 0.0876. The molecule has 2 amide bonds. The van der Waals surface area contributed by atoms with Gasteiger partial charge in [0.1, 0.15) is 5.82 Å². The second-order valence-corrected chi connectivity index (χ2v) is 8.87. The lowest BCUT2D eigenvalue weighted by Gasteiger charge is -2.44. The highest BCUT2D eigenvalue weighted by molar-refractivity contribution is 8.00. The van der Waals surface area contributed by atoms with Crippen LogP contribution < -0.4 is 0 Å². The maximum atomic E-state index is 14.1. The van der Waals surface area contributed by atoms with E-state index >= 15 is 0 Å². The zero-order valence-electron chi connectivity index (χ0n) is 15.2. The Morgan fingerprint density at radius 1 is 0.929 bits per heavy atom. The molecule has 2 aromatic rings. The molecule has 2 aromatic carbocycles. The summed E-state index contributed by atoms with van der Waals surface area (Å²) in [6, 6.07) is 13.1. The Hall–Kier alpha value is -2.05. The number of hydrogen-bond acceptors (Lipinski definition) is 3. The van der Waals surface area contributed by atoms with Crippen LogP contribution in [0.15, 0.2) is 48.5 Å². The molecule has 0 aliphatic carbocycles. The molecule has 4 rings (SSSR count). The van der Waals surface area contributed by atoms with Crippen molar-refractivity contribution in [2.24, 2.45) is 0 Å². The van der Waals surface area contributed by atoms with E-state index in [2.05, 4.69) is 0 Å². The number of carbonyl (C=O) groups excluding carboxylic acids is 2. The number of carbonyl (C=O) groups is 2. The third kappa shape index (κ3) is 3.40. The summed E-state index contributed by atoms with van der Waals surface area (Å²) in [4.78, 5) is 29.0. The number of hydrogen-bond donors (Lipinski definition) is 0. The lowest BCUT2D eigenvalue weighted by Crippen LogP contribution is -2.53. The van der Waals surface area contributed by atoms with Crippen molar-refractivity contribution in [3.63, 3.8) is 0 Å². The van der Waals surface area contributed by atoms with Crippen molar-refractivity contribution >= 4 is 35.2 Å². The van der Waals surface area contributed by atoms with E-state index < -0.39 is 5.82 Å². The van der Waals surface area contributed by atoms with E-state index in [1.807, 2.05) is 0 Å². The van der Waals surface area contributed by atoms with Gasteiger partial charge in [0, 0.05) is 25.4 Å². The fraction of sp³-hybridized carbons (Fsp3) is 0.333. The lowest BCUT2D eigenvalue weighted by molar-refractivity contribution is 0.0495. The predicted molar refractivity (Wildman–Crippen MR) is 109 cm³/mol. The number of piperidine rings is 1. The molecule has 0 atom stereocenters. The van der Waals surface area contributed by atoms with Crippen LogP contribution in [0, 0.1) is 5.82 Å². The van der Waals surface area contributed by atoms with Gasteiger partial charge in [0.15, 0.2) is 0 Å². The minimum Gasteiger partial charge on any atom is -0.338 e. The number of amides is 2. The first-order valence-corrected chi connectivity index (χ1v) is 10.6. The molecular formula is C21H20ClFN2O2S. The van der Waals surface area contributed by atoms with Crippen LogP contribution in [0.5, 0.6) is 0 Å². The molecule has 0 saturated carbocycles. The van der Waals surface area contributed by atoms with Crippen LogP contribution in [0.1, 0.15) is 33.6 Å². The standard InChI is InChI=1S/C21H20ClFN2O2S/c22-17-7-3-1-5-15(17)19(26)24-11-9-21(10-12-24)25(13-14-28-21)20(27)16-6-2-4-8-18(16)23/h1-8H,9-14H2. The molecule has 4 nitrogen and oxygen atoms in total. The van der Waals surface area contributed by atoms with Crippen molar-refractivity contribution in [2.75, 3.05) is 25.4 Å². The molecule has 0 aromatic heterocycles. The highest BCUT2D eigenvalue weighted by atomic mass is 35.5. The first-order chi connectivity index (χ1) is 13.5. The summed E-state index contributed by atoms with van der Waals surface area (Å²) < 4.78 is 14.1. The van der Waals surface area contributed by atoms with Gasteiger partial charge in [0.25, 0.3) is 11.8 Å². The molecule has 28 heavy (non-hydrogen) atoms. The highest BCUT2D eigenvalue weighted by Crippen LogP contribution is 2.45. The molecule has 0 N–H and O–H groups in total. The van der Waals surface area contributed by atoms with E-state index in [0.717, 1.165) is 5.75 Å². The second kappa shape index (κ2) is 7.76. The van der Waals surface area contributed by atoms with Gasteiger partial charge in [0.2, 0.25) is 0 Å². The van der Waals surface area contributed by atoms with Crippen LogP contribution in [-0.2, 0) is 0 Å². The van der Waals surface area contributed by atoms with E-state index in [1.165, 1.54) is 12.1 Å². The summed E-state index contributed by atoms with van der Waals surface area (Å²) in [7, 11) is 0. The number of rotatable bonds is 2. The molecule has 2 saturated heterocycles. The first-order valence-electron chi connectivity index (χ1n) is 9.26. The van der Waals surface area contributed by atoms with Gasteiger partial charge in [-0.2, -0.15) is 0 Å². The van der Waals surface area contributed by atoms with Crippen LogP contribution in [0.4, 0.5) is 4.39 Å². The molecule has 146 valence electrons. The summed E-state index contributed by atoms with van der Waals surface area (Å²) in [5.74, 6) is -0.0335. The Labute approximate surface area is 172 Å². The average molecular weight is 419 g/mol.